The van der Waals surface area contributed by atoms with Crippen LogP contribution in [0.5, 0.6) is 0 Å². The van der Waals surface area contributed by atoms with Gasteiger partial charge < -0.3 is 5.11 Å². The van der Waals surface area contributed by atoms with Crippen molar-refractivity contribution in [2.24, 2.45) is 0 Å². The van der Waals surface area contributed by atoms with Gasteiger partial charge in [-0.3, -0.25) is 10.1 Å². The largest absolute Gasteiger partial charge is 0.480 e. The van der Waals surface area contributed by atoms with Gasteiger partial charge in [-0.15, -0.1) is 11.3 Å². The zero-order valence-corrected chi connectivity index (χ0v) is 14.0. The van der Waals surface area contributed by atoms with Crippen LogP contribution in [0.4, 0.5) is 0 Å². The minimum absolute atomic E-state index is 0.470. The van der Waals surface area contributed by atoms with Crippen LogP contribution < -0.4 is 5.32 Å². The third kappa shape index (κ3) is 4.10. The molecule has 0 saturated heterocycles. The Bertz CT molecular complexity index is 784. The lowest BCUT2D eigenvalue weighted by Gasteiger charge is -2.16. The Balaban J connectivity index is 1.73. The number of carboxylic acid groups (broad SMARTS) is 1. The number of hydrogen-bond acceptors (Lipinski definition) is 3. The molecule has 24 heavy (non-hydrogen) atoms. The van der Waals surface area contributed by atoms with E-state index in [0.717, 1.165) is 16.7 Å². The molecule has 1 heterocycles. The predicted molar refractivity (Wildman–Crippen MR) is 98.2 cm³/mol. The summed E-state index contributed by atoms with van der Waals surface area (Å²) in [5.74, 6) is -0.826. The Labute approximate surface area is 145 Å². The summed E-state index contributed by atoms with van der Waals surface area (Å²) < 4.78 is 0. The van der Waals surface area contributed by atoms with Crippen LogP contribution in [0.3, 0.4) is 0 Å². The fourth-order valence-electron chi connectivity index (χ4n) is 2.68. The van der Waals surface area contributed by atoms with E-state index < -0.39 is 12.0 Å². The fourth-order valence-corrected chi connectivity index (χ4v) is 3.46. The number of carboxylic acids is 1. The molecule has 3 rings (SSSR count). The maximum Gasteiger partial charge on any atom is 0.321 e. The van der Waals surface area contributed by atoms with Crippen molar-refractivity contribution >= 4 is 17.3 Å². The molecule has 0 aliphatic carbocycles. The molecule has 0 amide bonds. The molecule has 0 fully saturated rings. The average molecular weight is 337 g/mol. The van der Waals surface area contributed by atoms with Crippen molar-refractivity contribution in [1.29, 1.82) is 0 Å². The van der Waals surface area contributed by atoms with Crippen LogP contribution in [0.1, 0.15) is 11.1 Å². The minimum Gasteiger partial charge on any atom is -0.480 e. The van der Waals surface area contributed by atoms with Crippen molar-refractivity contribution in [3.63, 3.8) is 0 Å². The molecule has 2 N–H and O–H groups in total. The van der Waals surface area contributed by atoms with E-state index in [-0.39, 0.29) is 0 Å². The maximum absolute atomic E-state index is 11.6. The highest BCUT2D eigenvalue weighted by molar-refractivity contribution is 7.13. The van der Waals surface area contributed by atoms with Gasteiger partial charge >= 0.3 is 5.97 Å². The second-order valence-corrected chi connectivity index (χ2v) is 6.54. The number of carbonyl (C=O) groups is 1. The normalized spacial score (nSPS) is 12.0. The monoisotopic (exact) mass is 337 g/mol. The van der Waals surface area contributed by atoms with Crippen molar-refractivity contribution in [3.05, 3.63) is 83.2 Å². The number of aliphatic carboxylic acids is 1. The molecule has 2 aromatic carbocycles. The summed E-state index contributed by atoms with van der Waals surface area (Å²) in [7, 11) is 0. The van der Waals surface area contributed by atoms with E-state index in [1.807, 2.05) is 54.6 Å². The van der Waals surface area contributed by atoms with Gasteiger partial charge in [-0.05, 0) is 34.6 Å². The van der Waals surface area contributed by atoms with E-state index in [1.165, 1.54) is 4.88 Å². The summed E-state index contributed by atoms with van der Waals surface area (Å²) >= 11 is 1.69. The standard InChI is InChI=1S/C20H19NO2S/c22-20(23)18(13-15-7-2-1-3-8-15)21-14-16-9-4-5-10-17(16)19-11-6-12-24-19/h1-12,18,21H,13-14H2,(H,22,23)/t18-/m0/s1. The minimum atomic E-state index is -0.826. The molecule has 0 saturated carbocycles. The molecule has 0 spiro atoms. The van der Waals surface area contributed by atoms with E-state index in [9.17, 15) is 9.90 Å². The van der Waals surface area contributed by atoms with Crippen molar-refractivity contribution in [2.75, 3.05) is 0 Å². The lowest BCUT2D eigenvalue weighted by Crippen LogP contribution is -2.38. The molecule has 1 atom stereocenters. The second-order valence-electron chi connectivity index (χ2n) is 5.60. The van der Waals surface area contributed by atoms with E-state index in [1.54, 1.807) is 11.3 Å². The quantitative estimate of drug-likeness (QED) is 0.679. The highest BCUT2D eigenvalue weighted by atomic mass is 32.1. The van der Waals surface area contributed by atoms with Gasteiger partial charge in [0.05, 0.1) is 0 Å². The van der Waals surface area contributed by atoms with Gasteiger partial charge in [0, 0.05) is 11.4 Å². The first kappa shape index (κ1) is 16.4. The van der Waals surface area contributed by atoms with Crippen molar-refractivity contribution < 1.29 is 9.90 Å². The summed E-state index contributed by atoms with van der Waals surface area (Å²) in [6, 6.07) is 21.3. The third-order valence-electron chi connectivity index (χ3n) is 3.92. The first-order valence-corrected chi connectivity index (χ1v) is 8.74. The van der Waals surface area contributed by atoms with Crippen LogP contribution in [-0.2, 0) is 17.8 Å². The smallest absolute Gasteiger partial charge is 0.321 e. The Morgan fingerprint density at radius 3 is 2.46 bits per heavy atom. The van der Waals surface area contributed by atoms with Gasteiger partial charge in [0.2, 0.25) is 0 Å². The van der Waals surface area contributed by atoms with Crippen LogP contribution in [-0.4, -0.2) is 17.1 Å². The Morgan fingerprint density at radius 1 is 1.00 bits per heavy atom. The molecule has 3 aromatic rings. The molecule has 122 valence electrons. The molecular formula is C20H19NO2S. The van der Waals surface area contributed by atoms with Crippen LogP contribution in [0.2, 0.25) is 0 Å². The van der Waals surface area contributed by atoms with Gasteiger partial charge in [-0.25, -0.2) is 0 Å². The molecule has 0 radical (unpaired) electrons. The van der Waals surface area contributed by atoms with Crippen LogP contribution >= 0.6 is 11.3 Å². The Hall–Kier alpha value is -2.43. The van der Waals surface area contributed by atoms with Crippen molar-refractivity contribution in [1.82, 2.24) is 5.32 Å². The van der Waals surface area contributed by atoms with Gasteiger partial charge in [-0.2, -0.15) is 0 Å². The summed E-state index contributed by atoms with van der Waals surface area (Å²) in [5, 5.41) is 14.7. The van der Waals surface area contributed by atoms with Crippen LogP contribution in [0.15, 0.2) is 72.1 Å². The molecular weight excluding hydrogens is 318 g/mol. The van der Waals surface area contributed by atoms with Crippen molar-refractivity contribution in [3.8, 4) is 10.4 Å². The summed E-state index contributed by atoms with van der Waals surface area (Å²) in [6.45, 7) is 0.526. The van der Waals surface area contributed by atoms with Crippen LogP contribution in [0.25, 0.3) is 10.4 Å². The second kappa shape index (κ2) is 7.90. The van der Waals surface area contributed by atoms with E-state index in [4.69, 9.17) is 0 Å². The number of rotatable bonds is 7. The molecule has 0 aliphatic heterocycles. The highest BCUT2D eigenvalue weighted by Crippen LogP contribution is 2.27. The van der Waals surface area contributed by atoms with Crippen LogP contribution in [0, 0.1) is 0 Å². The van der Waals surface area contributed by atoms with E-state index >= 15 is 0 Å². The number of thiophene rings is 1. The third-order valence-corrected chi connectivity index (χ3v) is 4.83. The number of nitrogens with one attached hydrogen (secondary N) is 1. The Kier molecular flexibility index (Phi) is 5.41. The number of hydrogen-bond donors (Lipinski definition) is 2. The van der Waals surface area contributed by atoms with E-state index in [0.29, 0.717) is 13.0 Å². The highest BCUT2D eigenvalue weighted by Gasteiger charge is 2.18. The SMILES string of the molecule is O=C(O)[C@H](Cc1ccccc1)NCc1ccccc1-c1cccs1. The lowest BCUT2D eigenvalue weighted by atomic mass is 10.0. The predicted octanol–water partition coefficient (Wildman–Crippen LogP) is 4.20. The van der Waals surface area contributed by atoms with Gasteiger partial charge in [0.25, 0.3) is 0 Å². The van der Waals surface area contributed by atoms with Gasteiger partial charge in [-0.1, -0.05) is 60.7 Å². The maximum atomic E-state index is 11.6. The first-order chi connectivity index (χ1) is 11.7. The zero-order chi connectivity index (χ0) is 16.8. The van der Waals surface area contributed by atoms with Gasteiger partial charge in [0.1, 0.15) is 6.04 Å². The molecule has 1 aromatic heterocycles. The molecule has 0 bridgehead atoms. The molecule has 3 nitrogen and oxygen atoms in total. The topological polar surface area (TPSA) is 49.3 Å². The molecule has 0 unspecified atom stereocenters. The number of benzene rings is 2. The average Bonchev–Trinajstić information content (AvgIpc) is 3.14. The fraction of sp³-hybridized carbons (Fsp3) is 0.150. The molecule has 4 heteroatoms. The van der Waals surface area contributed by atoms with Gasteiger partial charge in [0.15, 0.2) is 0 Å². The summed E-state index contributed by atoms with van der Waals surface area (Å²) in [4.78, 5) is 12.8. The lowest BCUT2D eigenvalue weighted by molar-refractivity contribution is -0.139. The summed E-state index contributed by atoms with van der Waals surface area (Å²) in [5.41, 5.74) is 3.28. The molecule has 0 aliphatic rings. The first-order valence-electron chi connectivity index (χ1n) is 7.86. The summed E-state index contributed by atoms with van der Waals surface area (Å²) in [6.07, 6.45) is 0.470. The Morgan fingerprint density at radius 2 is 1.75 bits per heavy atom. The zero-order valence-electron chi connectivity index (χ0n) is 13.2. The van der Waals surface area contributed by atoms with E-state index in [2.05, 4.69) is 22.8 Å². The van der Waals surface area contributed by atoms with Crippen molar-refractivity contribution in [2.45, 2.75) is 19.0 Å².